The van der Waals surface area contributed by atoms with Crippen LogP contribution in [0.2, 0.25) is 0 Å². The van der Waals surface area contributed by atoms with Gasteiger partial charge in [-0.2, -0.15) is 0 Å². The summed E-state index contributed by atoms with van der Waals surface area (Å²) in [5, 5.41) is 2.88. The van der Waals surface area contributed by atoms with E-state index in [0.29, 0.717) is 4.90 Å². The first-order chi connectivity index (χ1) is 10.1. The molecule has 0 aliphatic carbocycles. The van der Waals surface area contributed by atoms with Crippen LogP contribution in [-0.4, -0.2) is 15.9 Å². The maximum atomic E-state index is 12.1. The molecule has 0 saturated heterocycles. The predicted octanol–water partition coefficient (Wildman–Crippen LogP) is 2.98. The number of carbonyl (C=O) groups is 1. The Morgan fingerprint density at radius 2 is 1.71 bits per heavy atom. The highest BCUT2D eigenvalue weighted by atomic mass is 32.2. The second kappa shape index (κ2) is 7.18. The van der Waals surface area contributed by atoms with Crippen LogP contribution >= 0.6 is 0 Å². The Hall–Kier alpha value is -1.94. The summed E-state index contributed by atoms with van der Waals surface area (Å²) in [6.45, 7) is 3.89. The number of nitrogens with one attached hydrogen (secondary N) is 1. The van der Waals surface area contributed by atoms with Gasteiger partial charge in [0, 0.05) is 4.90 Å². The van der Waals surface area contributed by atoms with Crippen LogP contribution < -0.4 is 5.32 Å². The van der Waals surface area contributed by atoms with Gasteiger partial charge in [0.25, 0.3) is 0 Å². The summed E-state index contributed by atoms with van der Waals surface area (Å²) in [6, 6.07) is 17.0. The Labute approximate surface area is 127 Å². The van der Waals surface area contributed by atoms with Crippen molar-refractivity contribution in [1.29, 1.82) is 0 Å². The Bertz CT molecular complexity index is 623. The molecule has 0 aliphatic rings. The van der Waals surface area contributed by atoms with E-state index < -0.39 is 10.8 Å². The highest BCUT2D eigenvalue weighted by Gasteiger charge is 2.13. The van der Waals surface area contributed by atoms with Gasteiger partial charge >= 0.3 is 0 Å². The highest BCUT2D eigenvalue weighted by Crippen LogP contribution is 2.12. The predicted molar refractivity (Wildman–Crippen MR) is 85.5 cm³/mol. The van der Waals surface area contributed by atoms with E-state index in [-0.39, 0.29) is 17.7 Å². The second-order valence-electron chi connectivity index (χ2n) is 5.00. The molecule has 2 aromatic carbocycles. The summed E-state index contributed by atoms with van der Waals surface area (Å²) < 4.78 is 12.1. The van der Waals surface area contributed by atoms with Crippen LogP contribution in [0.25, 0.3) is 0 Å². The Morgan fingerprint density at radius 1 is 1.10 bits per heavy atom. The lowest BCUT2D eigenvalue weighted by atomic mass is 10.1. The first kappa shape index (κ1) is 15.4. The van der Waals surface area contributed by atoms with E-state index in [1.54, 1.807) is 12.1 Å². The smallest absolute Gasteiger partial charge is 0.233 e. The van der Waals surface area contributed by atoms with Crippen molar-refractivity contribution in [3.8, 4) is 0 Å². The summed E-state index contributed by atoms with van der Waals surface area (Å²) in [7, 11) is -1.31. The van der Waals surface area contributed by atoms with Gasteiger partial charge in [-0.3, -0.25) is 9.00 Å². The fourth-order valence-electron chi connectivity index (χ4n) is 2.00. The molecular formula is C17H19NO2S. The van der Waals surface area contributed by atoms with E-state index in [0.717, 1.165) is 11.1 Å². The Kier molecular flexibility index (Phi) is 5.28. The van der Waals surface area contributed by atoms with E-state index in [1.165, 1.54) is 0 Å². The van der Waals surface area contributed by atoms with Gasteiger partial charge in [0.2, 0.25) is 5.91 Å². The summed E-state index contributed by atoms with van der Waals surface area (Å²) in [5.41, 5.74) is 2.14. The number of carbonyl (C=O) groups excluding carboxylic acids is 1. The van der Waals surface area contributed by atoms with E-state index in [9.17, 15) is 9.00 Å². The van der Waals surface area contributed by atoms with E-state index in [4.69, 9.17) is 0 Å². The van der Waals surface area contributed by atoms with Gasteiger partial charge < -0.3 is 5.32 Å². The summed E-state index contributed by atoms with van der Waals surface area (Å²) in [4.78, 5) is 12.7. The molecule has 1 N–H and O–H groups in total. The van der Waals surface area contributed by atoms with Crippen LogP contribution in [-0.2, 0) is 15.6 Å². The average molecular weight is 301 g/mol. The minimum absolute atomic E-state index is 0.0137. The molecule has 0 radical (unpaired) electrons. The molecule has 4 heteroatoms. The first-order valence-corrected chi connectivity index (χ1v) is 8.17. The van der Waals surface area contributed by atoms with Crippen molar-refractivity contribution < 1.29 is 9.00 Å². The van der Waals surface area contributed by atoms with Crippen molar-refractivity contribution in [2.24, 2.45) is 0 Å². The number of benzene rings is 2. The van der Waals surface area contributed by atoms with Crippen molar-refractivity contribution in [2.45, 2.75) is 24.8 Å². The van der Waals surface area contributed by atoms with Gasteiger partial charge in [0.15, 0.2) is 0 Å². The van der Waals surface area contributed by atoms with Crippen LogP contribution in [0, 0.1) is 6.92 Å². The van der Waals surface area contributed by atoms with Crippen LogP contribution in [0.1, 0.15) is 24.1 Å². The van der Waals surface area contributed by atoms with E-state index in [2.05, 4.69) is 5.32 Å². The zero-order valence-corrected chi connectivity index (χ0v) is 13.0. The minimum atomic E-state index is -1.31. The number of rotatable bonds is 5. The molecule has 0 saturated carbocycles. The molecule has 3 nitrogen and oxygen atoms in total. The first-order valence-electron chi connectivity index (χ1n) is 6.85. The molecule has 0 bridgehead atoms. The van der Waals surface area contributed by atoms with Crippen molar-refractivity contribution in [3.05, 3.63) is 65.7 Å². The third-order valence-corrected chi connectivity index (χ3v) is 4.55. The molecular weight excluding hydrogens is 282 g/mol. The zero-order valence-electron chi connectivity index (χ0n) is 12.2. The number of amides is 1. The number of hydrogen-bond acceptors (Lipinski definition) is 2. The second-order valence-corrected chi connectivity index (χ2v) is 6.45. The van der Waals surface area contributed by atoms with Crippen LogP contribution in [0.4, 0.5) is 0 Å². The lowest BCUT2D eigenvalue weighted by Gasteiger charge is -2.14. The minimum Gasteiger partial charge on any atom is -0.349 e. The SMILES string of the molecule is Cc1ccc([S@@](=O)CC(=O)N[C@@H](C)c2ccccc2)cc1. The molecule has 0 spiro atoms. The van der Waals surface area contributed by atoms with E-state index >= 15 is 0 Å². The molecule has 0 fully saturated rings. The molecule has 2 aromatic rings. The van der Waals surface area contributed by atoms with Gasteiger partial charge in [-0.15, -0.1) is 0 Å². The van der Waals surface area contributed by atoms with Crippen LogP contribution in [0.5, 0.6) is 0 Å². The molecule has 21 heavy (non-hydrogen) atoms. The molecule has 0 unspecified atom stereocenters. The van der Waals surface area contributed by atoms with Gasteiger partial charge in [0.1, 0.15) is 5.75 Å². The Morgan fingerprint density at radius 3 is 2.33 bits per heavy atom. The molecule has 2 rings (SSSR count). The normalized spacial score (nSPS) is 13.4. The average Bonchev–Trinajstić information content (AvgIpc) is 2.48. The quantitative estimate of drug-likeness (QED) is 0.923. The van der Waals surface area contributed by atoms with Crippen LogP contribution in [0.3, 0.4) is 0 Å². The van der Waals surface area contributed by atoms with Crippen molar-refractivity contribution >= 4 is 16.7 Å². The van der Waals surface area contributed by atoms with E-state index in [1.807, 2.05) is 56.3 Å². The summed E-state index contributed by atoms with van der Waals surface area (Å²) >= 11 is 0. The van der Waals surface area contributed by atoms with Gasteiger partial charge in [-0.05, 0) is 31.5 Å². The molecule has 0 aliphatic heterocycles. The zero-order chi connectivity index (χ0) is 15.2. The van der Waals surface area contributed by atoms with Crippen molar-refractivity contribution in [3.63, 3.8) is 0 Å². The molecule has 0 heterocycles. The standard InChI is InChI=1S/C17H19NO2S/c1-13-8-10-16(11-9-13)21(20)12-17(19)18-14(2)15-6-4-3-5-7-15/h3-11,14H,12H2,1-2H3,(H,18,19)/t14-,21-/m0/s1. The molecule has 2 atom stereocenters. The number of hydrogen-bond donors (Lipinski definition) is 1. The topological polar surface area (TPSA) is 46.2 Å². The summed E-state index contributed by atoms with van der Waals surface area (Å²) in [6.07, 6.45) is 0. The lowest BCUT2D eigenvalue weighted by molar-refractivity contribution is -0.119. The highest BCUT2D eigenvalue weighted by molar-refractivity contribution is 7.85. The van der Waals surface area contributed by atoms with Gasteiger partial charge in [-0.25, -0.2) is 0 Å². The maximum Gasteiger partial charge on any atom is 0.233 e. The third kappa shape index (κ3) is 4.53. The van der Waals surface area contributed by atoms with Crippen molar-refractivity contribution in [1.82, 2.24) is 5.32 Å². The lowest BCUT2D eigenvalue weighted by Crippen LogP contribution is -2.30. The maximum absolute atomic E-state index is 12.1. The molecule has 1 amide bonds. The van der Waals surface area contributed by atoms with Gasteiger partial charge in [-0.1, -0.05) is 48.0 Å². The molecule has 0 aromatic heterocycles. The third-order valence-electron chi connectivity index (χ3n) is 3.22. The van der Waals surface area contributed by atoms with Gasteiger partial charge in [0.05, 0.1) is 16.8 Å². The summed E-state index contributed by atoms with van der Waals surface area (Å²) in [5.74, 6) is -0.217. The van der Waals surface area contributed by atoms with Crippen molar-refractivity contribution in [2.75, 3.05) is 5.75 Å². The fourth-order valence-corrected chi connectivity index (χ4v) is 2.93. The van der Waals surface area contributed by atoms with Crippen LogP contribution in [0.15, 0.2) is 59.5 Å². The Balaban J connectivity index is 1.92. The largest absolute Gasteiger partial charge is 0.349 e. The monoisotopic (exact) mass is 301 g/mol. The fraction of sp³-hybridized carbons (Fsp3) is 0.235. The molecule has 110 valence electrons. The number of aryl methyl sites for hydroxylation is 1.